The van der Waals surface area contributed by atoms with Crippen molar-refractivity contribution in [3.8, 4) is 39.6 Å². The van der Waals surface area contributed by atoms with Gasteiger partial charge in [-0.3, -0.25) is 0 Å². The average molecular weight is 452 g/mol. The summed E-state index contributed by atoms with van der Waals surface area (Å²) in [5.74, 6) is 0. The molecule has 0 N–H and O–H groups in total. The molecule has 0 bridgehead atoms. The lowest BCUT2D eigenvalue weighted by molar-refractivity contribution is -0.660. The second-order valence-corrected chi connectivity index (χ2v) is 8.88. The Morgan fingerprint density at radius 2 is 1.46 bits per heavy atom. The zero-order chi connectivity index (χ0) is 23.9. The lowest BCUT2D eigenvalue weighted by Crippen LogP contribution is -2.30. The largest absolute Gasteiger partial charge is 0.455 e. The number of nitrogens with zero attached hydrogens (tertiary/aromatic N) is 2. The first-order valence-electron chi connectivity index (χ1n) is 11.6. The van der Waals surface area contributed by atoms with Crippen molar-refractivity contribution in [2.75, 3.05) is 0 Å². The van der Waals surface area contributed by atoms with Crippen LogP contribution in [0.2, 0.25) is 0 Å². The number of furan rings is 1. The molecule has 0 saturated heterocycles. The molecule has 2 aromatic heterocycles. The van der Waals surface area contributed by atoms with Gasteiger partial charge < -0.3 is 4.42 Å². The molecule has 0 spiro atoms. The molecule has 6 rings (SSSR count). The maximum Gasteiger partial charge on any atom is 0.212 e. The molecule has 35 heavy (non-hydrogen) atoms. The highest BCUT2D eigenvalue weighted by Gasteiger charge is 2.19. The molecule has 4 aromatic carbocycles. The molecule has 166 valence electrons. The van der Waals surface area contributed by atoms with Crippen LogP contribution in [0, 0.1) is 18.3 Å². The van der Waals surface area contributed by atoms with E-state index >= 15 is 0 Å². The van der Waals surface area contributed by atoms with Gasteiger partial charge in [0.25, 0.3) is 0 Å². The fourth-order valence-corrected chi connectivity index (χ4v) is 4.91. The van der Waals surface area contributed by atoms with Crippen LogP contribution in [0.25, 0.3) is 55.4 Å². The molecule has 0 unspecified atom stereocenters. The third kappa shape index (κ3) is 3.48. The van der Waals surface area contributed by atoms with Crippen LogP contribution in [0.15, 0.2) is 108 Å². The SMILES string of the molecule is Cc1cc2c(cc1-c1cccc[n+]1C)oc1c(-c3ccc(-c4ccccc4)cc3)c(C#N)ccc12. The van der Waals surface area contributed by atoms with Crippen LogP contribution < -0.4 is 4.57 Å². The first kappa shape index (κ1) is 20.9. The first-order chi connectivity index (χ1) is 17.1. The molecule has 0 fully saturated rings. The van der Waals surface area contributed by atoms with Crippen LogP contribution in [-0.4, -0.2) is 0 Å². The van der Waals surface area contributed by atoms with Crippen LogP contribution in [0.5, 0.6) is 0 Å². The smallest absolute Gasteiger partial charge is 0.212 e. The number of fused-ring (bicyclic) bond motifs is 3. The summed E-state index contributed by atoms with van der Waals surface area (Å²) in [5, 5.41) is 12.0. The van der Waals surface area contributed by atoms with Crippen molar-refractivity contribution >= 4 is 21.9 Å². The molecule has 0 saturated carbocycles. The van der Waals surface area contributed by atoms with E-state index in [1.54, 1.807) is 0 Å². The van der Waals surface area contributed by atoms with Gasteiger partial charge in [-0.1, -0.05) is 54.6 Å². The van der Waals surface area contributed by atoms with Crippen LogP contribution in [0.3, 0.4) is 0 Å². The maximum absolute atomic E-state index is 9.92. The molecule has 3 nitrogen and oxygen atoms in total. The van der Waals surface area contributed by atoms with Crippen LogP contribution in [0.4, 0.5) is 0 Å². The monoisotopic (exact) mass is 451 g/mol. The fourth-order valence-electron chi connectivity index (χ4n) is 4.91. The predicted molar refractivity (Wildman–Crippen MR) is 141 cm³/mol. The van der Waals surface area contributed by atoms with Crippen molar-refractivity contribution in [2.24, 2.45) is 7.05 Å². The lowest BCUT2D eigenvalue weighted by Gasteiger charge is -2.07. The van der Waals surface area contributed by atoms with E-state index < -0.39 is 0 Å². The summed E-state index contributed by atoms with van der Waals surface area (Å²) in [6.07, 6.45) is 2.05. The summed E-state index contributed by atoms with van der Waals surface area (Å²) in [5.41, 5.74) is 9.73. The predicted octanol–water partition coefficient (Wildman–Crippen LogP) is 7.59. The van der Waals surface area contributed by atoms with Gasteiger partial charge in [-0.2, -0.15) is 5.26 Å². The van der Waals surface area contributed by atoms with Gasteiger partial charge in [0.05, 0.1) is 17.2 Å². The topological polar surface area (TPSA) is 40.8 Å². The molecule has 0 aliphatic rings. The Labute approximate surface area is 204 Å². The zero-order valence-corrected chi connectivity index (χ0v) is 19.6. The second kappa shape index (κ2) is 8.27. The van der Waals surface area contributed by atoms with E-state index in [1.807, 2.05) is 55.7 Å². The van der Waals surface area contributed by atoms with Crippen molar-refractivity contribution in [3.63, 3.8) is 0 Å². The Bertz CT molecular complexity index is 1750. The molecular formula is C32H23N2O+. The van der Waals surface area contributed by atoms with Gasteiger partial charge in [-0.05, 0) is 59.5 Å². The minimum Gasteiger partial charge on any atom is -0.455 e. The number of hydrogen-bond donors (Lipinski definition) is 0. The van der Waals surface area contributed by atoms with Crippen LogP contribution >= 0.6 is 0 Å². The number of nitriles is 1. The Hall–Kier alpha value is -4.68. The third-order valence-corrected chi connectivity index (χ3v) is 6.72. The Balaban J connectivity index is 1.56. The summed E-state index contributed by atoms with van der Waals surface area (Å²) < 4.78 is 8.61. The van der Waals surface area contributed by atoms with E-state index in [0.29, 0.717) is 5.56 Å². The van der Waals surface area contributed by atoms with E-state index in [0.717, 1.165) is 49.9 Å². The van der Waals surface area contributed by atoms with Gasteiger partial charge in [0.2, 0.25) is 5.69 Å². The van der Waals surface area contributed by atoms with E-state index in [2.05, 4.69) is 72.2 Å². The van der Waals surface area contributed by atoms with Crippen molar-refractivity contribution < 1.29 is 8.98 Å². The van der Waals surface area contributed by atoms with Gasteiger partial charge in [0.15, 0.2) is 6.20 Å². The van der Waals surface area contributed by atoms with Crippen LogP contribution in [-0.2, 0) is 7.05 Å². The second-order valence-electron chi connectivity index (χ2n) is 8.88. The lowest BCUT2D eigenvalue weighted by atomic mass is 9.95. The van der Waals surface area contributed by atoms with Crippen molar-refractivity contribution in [2.45, 2.75) is 6.92 Å². The van der Waals surface area contributed by atoms with E-state index in [9.17, 15) is 5.26 Å². The minimum atomic E-state index is 0.607. The van der Waals surface area contributed by atoms with Crippen molar-refractivity contribution in [1.29, 1.82) is 5.26 Å². The van der Waals surface area contributed by atoms with Gasteiger partial charge in [-0.15, -0.1) is 0 Å². The number of aryl methyl sites for hydroxylation is 2. The quantitative estimate of drug-likeness (QED) is 0.260. The molecule has 0 radical (unpaired) electrons. The van der Waals surface area contributed by atoms with Gasteiger partial charge in [0, 0.05) is 28.5 Å². The van der Waals surface area contributed by atoms with E-state index in [1.165, 1.54) is 11.1 Å². The van der Waals surface area contributed by atoms with Gasteiger partial charge in [-0.25, -0.2) is 4.57 Å². The highest BCUT2D eigenvalue weighted by Crippen LogP contribution is 2.40. The summed E-state index contributed by atoms with van der Waals surface area (Å²) in [7, 11) is 2.05. The minimum absolute atomic E-state index is 0.607. The molecule has 3 heteroatoms. The summed E-state index contributed by atoms with van der Waals surface area (Å²) in [4.78, 5) is 0. The van der Waals surface area contributed by atoms with Gasteiger partial charge in [0.1, 0.15) is 18.2 Å². The zero-order valence-electron chi connectivity index (χ0n) is 19.6. The number of rotatable bonds is 3. The van der Waals surface area contributed by atoms with E-state index in [4.69, 9.17) is 4.42 Å². The van der Waals surface area contributed by atoms with Gasteiger partial charge >= 0.3 is 0 Å². The normalized spacial score (nSPS) is 11.1. The number of hydrogen-bond acceptors (Lipinski definition) is 2. The van der Waals surface area contributed by atoms with Crippen LogP contribution in [0.1, 0.15) is 11.1 Å². The van der Waals surface area contributed by atoms with E-state index in [-0.39, 0.29) is 0 Å². The average Bonchev–Trinajstić information content (AvgIpc) is 3.26. The molecular weight excluding hydrogens is 428 g/mol. The number of pyridine rings is 1. The highest BCUT2D eigenvalue weighted by molar-refractivity contribution is 6.11. The van der Waals surface area contributed by atoms with Crippen molar-refractivity contribution in [3.05, 3.63) is 114 Å². The fraction of sp³-hybridized carbons (Fsp3) is 0.0625. The summed E-state index contributed by atoms with van der Waals surface area (Å²) in [6, 6.07) is 35.4. The Kier molecular flexibility index (Phi) is 4.94. The number of aromatic nitrogens is 1. The molecule has 0 aliphatic carbocycles. The highest BCUT2D eigenvalue weighted by atomic mass is 16.3. The Morgan fingerprint density at radius 3 is 2.20 bits per heavy atom. The molecule has 2 heterocycles. The summed E-state index contributed by atoms with van der Waals surface area (Å²) >= 11 is 0. The molecule has 6 aromatic rings. The standard InChI is InChI=1S/C32H23N2O/c1-21-18-28-26-16-15-25(20-33)31(24-13-11-23(12-14-24)22-8-4-3-5-9-22)32(26)35-30(28)19-27(21)29-10-6-7-17-34(29)2/h3-19H,1-2H3/q+1. The molecule has 0 atom stereocenters. The van der Waals surface area contributed by atoms with Crippen molar-refractivity contribution in [1.82, 2.24) is 0 Å². The number of benzene rings is 4. The summed E-state index contributed by atoms with van der Waals surface area (Å²) in [6.45, 7) is 2.13. The molecule has 0 amide bonds. The first-order valence-corrected chi connectivity index (χ1v) is 11.6. The molecule has 0 aliphatic heterocycles. The maximum atomic E-state index is 9.92. The third-order valence-electron chi connectivity index (χ3n) is 6.72. The Morgan fingerprint density at radius 1 is 0.743 bits per heavy atom.